The highest BCUT2D eigenvalue weighted by molar-refractivity contribution is 5.84. The van der Waals surface area contributed by atoms with Gasteiger partial charge in [-0.3, -0.25) is 4.68 Å². The molecule has 0 fully saturated rings. The highest BCUT2D eigenvalue weighted by Gasteiger charge is 2.03. The number of aromatic nitrogens is 2. The van der Waals surface area contributed by atoms with E-state index in [2.05, 4.69) is 27.1 Å². The van der Waals surface area contributed by atoms with Gasteiger partial charge in [-0.05, 0) is 35.4 Å². The highest BCUT2D eigenvalue weighted by atomic mass is 19.1. The normalized spacial score (nSPS) is 11.6. The van der Waals surface area contributed by atoms with E-state index >= 15 is 0 Å². The van der Waals surface area contributed by atoms with E-state index in [1.165, 1.54) is 12.1 Å². The molecule has 3 rings (SSSR count). The molecule has 0 aliphatic carbocycles. The van der Waals surface area contributed by atoms with E-state index in [1.807, 2.05) is 38.5 Å². The first kappa shape index (κ1) is 17.7. The molecule has 6 heteroatoms. The molecule has 0 spiro atoms. The Morgan fingerprint density at radius 1 is 1.04 bits per heavy atom. The van der Waals surface area contributed by atoms with Crippen LogP contribution in [0.3, 0.4) is 0 Å². The summed E-state index contributed by atoms with van der Waals surface area (Å²) in [7, 11) is 4.01. The maximum absolute atomic E-state index is 13.0. The van der Waals surface area contributed by atoms with Crippen molar-refractivity contribution in [2.75, 3.05) is 19.0 Å². The van der Waals surface area contributed by atoms with Crippen LogP contribution in [0.4, 0.5) is 15.9 Å². The minimum absolute atomic E-state index is 0.245. The van der Waals surface area contributed by atoms with Gasteiger partial charge in [-0.25, -0.2) is 9.38 Å². The number of halogens is 1. The van der Waals surface area contributed by atoms with Gasteiger partial charge in [0.25, 0.3) is 0 Å². The molecular formula is C20H22FN5. The van der Waals surface area contributed by atoms with Crippen molar-refractivity contribution in [1.29, 1.82) is 0 Å². The molecule has 1 aromatic heterocycles. The Labute approximate surface area is 152 Å². The Bertz CT molecular complexity index is 879. The lowest BCUT2D eigenvalue weighted by atomic mass is 10.1. The fourth-order valence-electron chi connectivity index (χ4n) is 2.58. The first-order valence-electron chi connectivity index (χ1n) is 8.37. The molecule has 3 aromatic rings. The molecule has 0 aliphatic heterocycles. The third kappa shape index (κ3) is 4.69. The van der Waals surface area contributed by atoms with Crippen LogP contribution >= 0.6 is 0 Å². The molecule has 0 bridgehead atoms. The molecule has 134 valence electrons. The molecule has 2 aromatic carbocycles. The van der Waals surface area contributed by atoms with Crippen LogP contribution in [-0.4, -0.2) is 29.7 Å². The SMILES string of the molecule is CN(C)c1ccc(CC(N)=Nc2ccn(Cc3ccc(F)cc3)n2)cc1. The summed E-state index contributed by atoms with van der Waals surface area (Å²) in [4.78, 5) is 6.43. The van der Waals surface area contributed by atoms with E-state index in [0.29, 0.717) is 24.6 Å². The minimum Gasteiger partial charge on any atom is -0.387 e. The summed E-state index contributed by atoms with van der Waals surface area (Å²) in [6.45, 7) is 0.557. The Hall–Kier alpha value is -3.15. The first-order chi connectivity index (χ1) is 12.5. The topological polar surface area (TPSA) is 59.4 Å². The van der Waals surface area contributed by atoms with Crippen LogP contribution in [-0.2, 0) is 13.0 Å². The Morgan fingerprint density at radius 3 is 2.35 bits per heavy atom. The number of rotatable bonds is 6. The zero-order valence-electron chi connectivity index (χ0n) is 14.9. The first-order valence-corrected chi connectivity index (χ1v) is 8.37. The van der Waals surface area contributed by atoms with Crippen molar-refractivity contribution < 1.29 is 4.39 Å². The summed E-state index contributed by atoms with van der Waals surface area (Å²) in [6, 6.07) is 16.4. The summed E-state index contributed by atoms with van der Waals surface area (Å²) in [6.07, 6.45) is 2.40. The second-order valence-corrected chi connectivity index (χ2v) is 6.34. The quantitative estimate of drug-likeness (QED) is 0.547. The Balaban J connectivity index is 1.63. The zero-order chi connectivity index (χ0) is 18.5. The van der Waals surface area contributed by atoms with Gasteiger partial charge in [-0.15, -0.1) is 0 Å². The van der Waals surface area contributed by atoms with Gasteiger partial charge < -0.3 is 10.6 Å². The van der Waals surface area contributed by atoms with Crippen molar-refractivity contribution in [2.24, 2.45) is 10.7 Å². The largest absolute Gasteiger partial charge is 0.387 e. The van der Waals surface area contributed by atoms with Crippen LogP contribution in [0.5, 0.6) is 0 Å². The van der Waals surface area contributed by atoms with Gasteiger partial charge in [-0.2, -0.15) is 5.10 Å². The third-order valence-electron chi connectivity index (χ3n) is 3.98. The summed E-state index contributed by atoms with van der Waals surface area (Å²) >= 11 is 0. The van der Waals surface area contributed by atoms with Gasteiger partial charge in [0.1, 0.15) is 11.7 Å². The van der Waals surface area contributed by atoms with Crippen LogP contribution in [0.2, 0.25) is 0 Å². The van der Waals surface area contributed by atoms with Gasteiger partial charge in [0.15, 0.2) is 5.82 Å². The maximum Gasteiger partial charge on any atom is 0.175 e. The molecule has 5 nitrogen and oxygen atoms in total. The molecule has 26 heavy (non-hydrogen) atoms. The van der Waals surface area contributed by atoms with E-state index in [4.69, 9.17) is 5.73 Å². The fourth-order valence-corrected chi connectivity index (χ4v) is 2.58. The number of hydrogen-bond donors (Lipinski definition) is 1. The summed E-state index contributed by atoms with van der Waals surface area (Å²) in [5, 5.41) is 4.40. The molecule has 2 N–H and O–H groups in total. The maximum atomic E-state index is 13.0. The van der Waals surface area contributed by atoms with E-state index in [9.17, 15) is 4.39 Å². The van der Waals surface area contributed by atoms with Gasteiger partial charge in [0.2, 0.25) is 0 Å². The number of amidine groups is 1. The van der Waals surface area contributed by atoms with Crippen molar-refractivity contribution in [3.63, 3.8) is 0 Å². The number of nitrogens with two attached hydrogens (primary N) is 1. The Morgan fingerprint density at radius 2 is 1.69 bits per heavy atom. The van der Waals surface area contributed by atoms with Crippen molar-refractivity contribution in [2.45, 2.75) is 13.0 Å². The predicted molar refractivity (Wildman–Crippen MR) is 103 cm³/mol. The van der Waals surface area contributed by atoms with Crippen LogP contribution in [0.15, 0.2) is 65.8 Å². The molecular weight excluding hydrogens is 329 g/mol. The molecule has 0 saturated heterocycles. The van der Waals surface area contributed by atoms with Gasteiger partial charge in [0.05, 0.1) is 6.54 Å². The highest BCUT2D eigenvalue weighted by Crippen LogP contribution is 2.14. The molecule has 0 aliphatic rings. The van der Waals surface area contributed by atoms with E-state index in [-0.39, 0.29) is 5.82 Å². The second kappa shape index (κ2) is 7.82. The lowest BCUT2D eigenvalue weighted by Gasteiger charge is -2.12. The molecule has 0 saturated carbocycles. The smallest absolute Gasteiger partial charge is 0.175 e. The van der Waals surface area contributed by atoms with Crippen molar-refractivity contribution in [3.05, 3.63) is 77.7 Å². The molecule has 0 atom stereocenters. The number of benzene rings is 2. The lowest BCUT2D eigenvalue weighted by molar-refractivity contribution is 0.624. The third-order valence-corrected chi connectivity index (χ3v) is 3.98. The number of nitrogens with zero attached hydrogens (tertiary/aromatic N) is 4. The van der Waals surface area contributed by atoms with E-state index < -0.39 is 0 Å². The number of aliphatic imine (C=N–C) groups is 1. The van der Waals surface area contributed by atoms with Crippen molar-refractivity contribution in [1.82, 2.24) is 9.78 Å². The lowest BCUT2D eigenvalue weighted by Crippen LogP contribution is -2.15. The van der Waals surface area contributed by atoms with Gasteiger partial charge in [-0.1, -0.05) is 24.3 Å². The van der Waals surface area contributed by atoms with Crippen molar-refractivity contribution in [3.8, 4) is 0 Å². The van der Waals surface area contributed by atoms with Crippen LogP contribution < -0.4 is 10.6 Å². The molecule has 0 radical (unpaired) electrons. The monoisotopic (exact) mass is 351 g/mol. The molecule has 1 heterocycles. The molecule has 0 amide bonds. The van der Waals surface area contributed by atoms with Crippen LogP contribution in [0.25, 0.3) is 0 Å². The average molecular weight is 351 g/mol. The average Bonchev–Trinajstić information content (AvgIpc) is 3.04. The van der Waals surface area contributed by atoms with Crippen molar-refractivity contribution >= 4 is 17.3 Å². The van der Waals surface area contributed by atoms with Crippen LogP contribution in [0.1, 0.15) is 11.1 Å². The number of anilines is 1. The Kier molecular flexibility index (Phi) is 5.31. The van der Waals surface area contributed by atoms with Crippen LogP contribution in [0, 0.1) is 5.82 Å². The van der Waals surface area contributed by atoms with Gasteiger partial charge in [0, 0.05) is 38.5 Å². The molecule has 0 unspecified atom stereocenters. The second-order valence-electron chi connectivity index (χ2n) is 6.34. The predicted octanol–water partition coefficient (Wildman–Crippen LogP) is 3.37. The minimum atomic E-state index is -0.245. The van der Waals surface area contributed by atoms with E-state index in [0.717, 1.165) is 16.8 Å². The summed E-state index contributed by atoms with van der Waals surface area (Å²) in [5.41, 5.74) is 9.28. The fraction of sp³-hybridized carbons (Fsp3) is 0.200. The van der Waals surface area contributed by atoms with Gasteiger partial charge >= 0.3 is 0 Å². The van der Waals surface area contributed by atoms with E-state index in [1.54, 1.807) is 16.8 Å². The summed E-state index contributed by atoms with van der Waals surface area (Å²) < 4.78 is 14.7. The summed E-state index contributed by atoms with van der Waals surface area (Å²) in [5.74, 6) is 0.829. The zero-order valence-corrected chi connectivity index (χ0v) is 14.9. The standard InChI is InChI=1S/C20H22FN5/c1-25(2)18-9-5-15(6-10-18)13-19(22)23-20-11-12-26(24-20)14-16-3-7-17(21)8-4-16/h3-12H,13-14H2,1-2H3,(H2,22,23,24). The number of hydrogen-bond acceptors (Lipinski definition) is 3.